The molecule has 0 atom stereocenters. The van der Waals surface area contributed by atoms with E-state index in [1.54, 1.807) is 68.0 Å². The minimum atomic E-state index is 1.11. The van der Waals surface area contributed by atoms with Crippen molar-refractivity contribution in [3.8, 4) is 66.8 Å². The first-order valence-corrected chi connectivity index (χ1v) is 22.0. The van der Waals surface area contributed by atoms with Crippen LogP contribution in [-0.4, -0.2) is 0 Å². The zero-order valence-corrected chi connectivity index (χ0v) is 35.1. The van der Waals surface area contributed by atoms with Gasteiger partial charge in [0, 0.05) is 66.8 Å². The van der Waals surface area contributed by atoms with Gasteiger partial charge in [-0.2, -0.15) is 0 Å². The van der Waals surface area contributed by atoms with E-state index in [2.05, 4.69) is 164 Å². The van der Waals surface area contributed by atoms with Crippen LogP contribution in [0.4, 0.5) is 0 Å². The summed E-state index contributed by atoms with van der Waals surface area (Å²) in [6.45, 7) is 0. The topological polar surface area (TPSA) is 0 Å². The maximum Gasteiger partial charge on any atom is 0.0777 e. The summed E-state index contributed by atoms with van der Waals surface area (Å²) < 4.78 is 6.65. The third-order valence-electron chi connectivity index (χ3n) is 6.82. The Morgan fingerprint density at radius 2 is 0.405 bits per heavy atom. The lowest BCUT2D eigenvalue weighted by Gasteiger charge is -2.27. The molecule has 0 bridgehead atoms. The Balaban J connectivity index is 1.87. The highest BCUT2D eigenvalue weighted by Gasteiger charge is 2.34. The highest BCUT2D eigenvalue weighted by Crippen LogP contribution is 2.61. The lowest BCUT2D eigenvalue weighted by Crippen LogP contribution is -2.01. The van der Waals surface area contributed by atoms with Crippen molar-refractivity contribution in [1.82, 2.24) is 0 Å². The van der Waals surface area contributed by atoms with Crippen LogP contribution in [0.1, 0.15) is 0 Å². The summed E-state index contributed by atoms with van der Waals surface area (Å²) >= 11 is 34.0. The molecule has 0 aliphatic carbocycles. The second-order valence-corrected chi connectivity index (χ2v) is 22.3. The van der Waals surface area contributed by atoms with Crippen LogP contribution in [0.3, 0.4) is 0 Å². The van der Waals surface area contributed by atoms with Gasteiger partial charge in [0.2, 0.25) is 0 Å². The molecule has 0 aliphatic heterocycles. The second kappa shape index (κ2) is 12.8. The van der Waals surface area contributed by atoms with Gasteiger partial charge in [0.05, 0.1) is 22.7 Å². The third-order valence-corrected chi connectivity index (χ3v) is 16.9. The summed E-state index contributed by atoms with van der Waals surface area (Å²) in [4.78, 5) is 0. The molecule has 0 saturated heterocycles. The molecule has 0 saturated carbocycles. The average molecular weight is 1040 g/mol. The summed E-state index contributed by atoms with van der Waals surface area (Å²) in [6, 6.07) is 13.5. The van der Waals surface area contributed by atoms with Gasteiger partial charge in [-0.25, -0.2) is 0 Å². The number of rotatable bonds is 6. The molecule has 6 heterocycles. The predicted octanol–water partition coefficient (Wildman–Crippen LogP) is 16.6. The van der Waals surface area contributed by atoms with Crippen molar-refractivity contribution in [3.05, 3.63) is 91.4 Å². The zero-order valence-electron chi connectivity index (χ0n) is 20.6. The molecule has 0 aliphatic rings. The van der Waals surface area contributed by atoms with E-state index in [9.17, 15) is 0 Å². The molecule has 0 unspecified atom stereocenters. The third kappa shape index (κ3) is 5.31. The van der Waals surface area contributed by atoms with E-state index in [-0.39, 0.29) is 0 Å². The smallest absolute Gasteiger partial charge is 0.0777 e. The van der Waals surface area contributed by atoms with Crippen molar-refractivity contribution in [1.29, 1.82) is 0 Å². The number of halogens is 6. The number of thiophene rings is 6. The summed E-state index contributed by atoms with van der Waals surface area (Å²) in [5.41, 5.74) is 14.3. The fraction of sp³-hybridized carbons (Fsp3) is 0. The molecule has 0 fully saturated rings. The molecule has 0 spiro atoms. The van der Waals surface area contributed by atoms with Crippen LogP contribution >= 0.6 is 164 Å². The van der Waals surface area contributed by atoms with Gasteiger partial charge in [-0.15, -0.1) is 68.0 Å². The fourth-order valence-electron chi connectivity index (χ4n) is 5.20. The van der Waals surface area contributed by atoms with Crippen LogP contribution in [0.25, 0.3) is 66.8 Å². The standard InChI is InChI=1S/C30H12Br6S6/c31-25-13(1-7-37-25)19-20(14-2-8-38-26(14)32)22(16-4-10-40-28(16)34)24(18-6-12-42-30(18)36)23(17-5-11-41-29(17)35)21(19)15-3-9-39-27(15)33/h1-12H. The lowest BCUT2D eigenvalue weighted by molar-refractivity contribution is 1.56. The molecular weight excluding hydrogens is 1030 g/mol. The van der Waals surface area contributed by atoms with Gasteiger partial charge in [0.1, 0.15) is 0 Å². The van der Waals surface area contributed by atoms with Crippen molar-refractivity contribution in [3.63, 3.8) is 0 Å². The Bertz CT molecular complexity index is 1680. The first-order valence-electron chi connectivity index (χ1n) is 12.0. The normalized spacial score (nSPS) is 11.6. The van der Waals surface area contributed by atoms with Crippen molar-refractivity contribution in [2.45, 2.75) is 0 Å². The first-order chi connectivity index (χ1) is 20.4. The Hall–Kier alpha value is 0.300. The Morgan fingerprint density at radius 1 is 0.262 bits per heavy atom. The molecule has 6 aromatic heterocycles. The van der Waals surface area contributed by atoms with E-state index in [4.69, 9.17) is 0 Å². The van der Waals surface area contributed by atoms with Crippen LogP contribution in [0.15, 0.2) is 91.4 Å². The Morgan fingerprint density at radius 3 is 0.500 bits per heavy atom. The van der Waals surface area contributed by atoms with E-state index in [0.29, 0.717) is 0 Å². The maximum atomic E-state index is 3.96. The van der Waals surface area contributed by atoms with Crippen molar-refractivity contribution in [2.24, 2.45) is 0 Å². The number of hydrogen-bond acceptors (Lipinski definition) is 6. The molecule has 7 aromatic rings. The Labute approximate surface area is 317 Å². The van der Waals surface area contributed by atoms with Crippen LogP contribution < -0.4 is 0 Å². The largest absolute Gasteiger partial charge is 0.136 e. The van der Waals surface area contributed by atoms with Crippen molar-refractivity contribution >= 4 is 164 Å². The maximum absolute atomic E-state index is 3.96. The molecule has 0 N–H and O–H groups in total. The SMILES string of the molecule is Brc1sccc1-c1c(-c2ccsc2Br)c(-c2ccsc2Br)c(-c2ccsc2Br)c(-c2ccsc2Br)c1-c1ccsc1Br. The number of benzene rings is 1. The van der Waals surface area contributed by atoms with Gasteiger partial charge < -0.3 is 0 Å². The van der Waals surface area contributed by atoms with Gasteiger partial charge in [0.15, 0.2) is 0 Å². The minimum absolute atomic E-state index is 1.11. The monoisotopic (exact) mass is 1040 g/mol. The molecular formula is C30H12Br6S6. The quantitative estimate of drug-likeness (QED) is 0.156. The molecule has 210 valence electrons. The predicted molar refractivity (Wildman–Crippen MR) is 213 cm³/mol. The average Bonchev–Trinajstić information content (AvgIpc) is 3.80. The molecule has 0 nitrogen and oxygen atoms in total. The van der Waals surface area contributed by atoms with Crippen molar-refractivity contribution in [2.75, 3.05) is 0 Å². The van der Waals surface area contributed by atoms with Crippen molar-refractivity contribution < 1.29 is 0 Å². The molecule has 0 amide bonds. The molecule has 1 aromatic carbocycles. The molecule has 42 heavy (non-hydrogen) atoms. The first kappa shape index (κ1) is 30.9. The second-order valence-electron chi connectivity index (χ2n) is 8.90. The fourth-order valence-corrected chi connectivity index (χ4v) is 12.8. The van der Waals surface area contributed by atoms with Gasteiger partial charge in [-0.3, -0.25) is 0 Å². The van der Waals surface area contributed by atoms with E-state index in [0.717, 1.165) is 22.7 Å². The summed E-state index contributed by atoms with van der Waals surface area (Å²) in [7, 11) is 0. The van der Waals surface area contributed by atoms with E-state index in [1.165, 1.54) is 66.8 Å². The van der Waals surface area contributed by atoms with Gasteiger partial charge in [-0.05, 0) is 164 Å². The van der Waals surface area contributed by atoms with Crippen LogP contribution in [0.5, 0.6) is 0 Å². The summed E-state index contributed by atoms with van der Waals surface area (Å²) in [6.07, 6.45) is 0. The lowest BCUT2D eigenvalue weighted by atomic mass is 9.76. The van der Waals surface area contributed by atoms with E-state index >= 15 is 0 Å². The highest BCUT2D eigenvalue weighted by atomic mass is 79.9. The summed E-state index contributed by atoms with van der Waals surface area (Å²) in [5, 5.41) is 13.0. The van der Waals surface area contributed by atoms with Gasteiger partial charge >= 0.3 is 0 Å². The molecule has 12 heteroatoms. The minimum Gasteiger partial charge on any atom is -0.136 e. The highest BCUT2D eigenvalue weighted by molar-refractivity contribution is 9.12. The van der Waals surface area contributed by atoms with Gasteiger partial charge in [-0.1, -0.05) is 0 Å². The van der Waals surface area contributed by atoms with E-state index in [1.807, 2.05) is 0 Å². The van der Waals surface area contributed by atoms with Crippen LogP contribution in [0.2, 0.25) is 0 Å². The molecule has 7 rings (SSSR count). The van der Waals surface area contributed by atoms with Crippen LogP contribution in [0, 0.1) is 0 Å². The Kier molecular flexibility index (Phi) is 9.45. The van der Waals surface area contributed by atoms with E-state index < -0.39 is 0 Å². The van der Waals surface area contributed by atoms with Gasteiger partial charge in [0.25, 0.3) is 0 Å². The molecule has 0 radical (unpaired) electrons. The summed E-state index contributed by atoms with van der Waals surface area (Å²) in [5.74, 6) is 0. The zero-order chi connectivity index (χ0) is 29.1. The van der Waals surface area contributed by atoms with Crippen LogP contribution in [-0.2, 0) is 0 Å². The number of hydrogen-bond donors (Lipinski definition) is 0.